The zero-order chi connectivity index (χ0) is 23.3. The van der Waals surface area contributed by atoms with Crippen molar-refractivity contribution >= 4 is 0 Å². The van der Waals surface area contributed by atoms with Crippen molar-refractivity contribution in [3.63, 3.8) is 0 Å². The van der Waals surface area contributed by atoms with Gasteiger partial charge in [0.2, 0.25) is 0 Å². The van der Waals surface area contributed by atoms with Crippen LogP contribution in [0.2, 0.25) is 0 Å². The number of hydrogen-bond donors (Lipinski definition) is 0. The topological polar surface area (TPSA) is 0 Å². The van der Waals surface area contributed by atoms with Crippen LogP contribution in [0.4, 0.5) is 0 Å². The van der Waals surface area contributed by atoms with Crippen molar-refractivity contribution in [3.05, 3.63) is 107 Å². The van der Waals surface area contributed by atoms with Gasteiger partial charge in [-0.2, -0.15) is 0 Å². The first-order valence-electron chi connectivity index (χ1n) is 12.3. The van der Waals surface area contributed by atoms with E-state index >= 15 is 0 Å². The van der Waals surface area contributed by atoms with Crippen LogP contribution >= 0.6 is 0 Å². The minimum absolute atomic E-state index is 0.0350. The van der Waals surface area contributed by atoms with Gasteiger partial charge in [-0.1, -0.05) is 120 Å². The Hall–Kier alpha value is -3.12. The van der Waals surface area contributed by atoms with Gasteiger partial charge in [-0.05, 0) is 73.5 Å². The zero-order valence-corrected chi connectivity index (χ0v) is 20.7. The molecule has 0 atom stereocenters. The third-order valence-electron chi connectivity index (χ3n) is 7.47. The van der Waals surface area contributed by atoms with Gasteiger partial charge in [0.05, 0.1) is 0 Å². The van der Waals surface area contributed by atoms with E-state index in [2.05, 4.69) is 126 Å². The van der Waals surface area contributed by atoms with Gasteiger partial charge in [-0.25, -0.2) is 0 Å². The lowest BCUT2D eigenvalue weighted by Crippen LogP contribution is -2.14. The fourth-order valence-electron chi connectivity index (χ4n) is 5.52. The van der Waals surface area contributed by atoms with E-state index in [0.29, 0.717) is 11.8 Å². The fourth-order valence-corrected chi connectivity index (χ4v) is 5.52. The average molecular weight is 431 g/mol. The number of rotatable bonds is 4. The Labute approximate surface area is 199 Å². The zero-order valence-electron chi connectivity index (χ0n) is 20.7. The Morgan fingerprint density at radius 2 is 1.00 bits per heavy atom. The van der Waals surface area contributed by atoms with Crippen LogP contribution in [0.15, 0.2) is 84.9 Å². The van der Waals surface area contributed by atoms with Gasteiger partial charge >= 0.3 is 0 Å². The highest BCUT2D eigenvalue weighted by atomic mass is 14.4. The number of benzene rings is 4. The molecule has 0 radical (unpaired) electrons. The number of fused-ring (bicyclic) bond motifs is 3. The van der Waals surface area contributed by atoms with E-state index < -0.39 is 0 Å². The Morgan fingerprint density at radius 1 is 0.485 bits per heavy atom. The molecule has 0 saturated carbocycles. The first-order chi connectivity index (χ1) is 15.8. The van der Waals surface area contributed by atoms with E-state index in [0.717, 1.165) is 0 Å². The molecule has 0 nitrogen and oxygen atoms in total. The van der Waals surface area contributed by atoms with E-state index in [1.54, 1.807) is 0 Å². The molecular formula is C33H34. The summed E-state index contributed by atoms with van der Waals surface area (Å²) in [6.45, 7) is 13.8. The largest absolute Gasteiger partial charge is 0.0619 e. The van der Waals surface area contributed by atoms with Crippen molar-refractivity contribution in [1.82, 2.24) is 0 Å². The Bertz CT molecular complexity index is 1320. The SMILES string of the molecule is CC(C)c1ccc(-c2ccc(-c3ccc4c(c3)C(C)(C)c3ccccc3-4)cc2)cc1C(C)C. The molecule has 1 aliphatic carbocycles. The van der Waals surface area contributed by atoms with Crippen molar-refractivity contribution in [1.29, 1.82) is 0 Å². The molecule has 1 aliphatic rings. The van der Waals surface area contributed by atoms with Gasteiger partial charge in [0, 0.05) is 5.41 Å². The van der Waals surface area contributed by atoms with Crippen LogP contribution in [0.1, 0.15) is 75.6 Å². The van der Waals surface area contributed by atoms with Crippen LogP contribution in [-0.2, 0) is 5.41 Å². The third kappa shape index (κ3) is 3.62. The maximum absolute atomic E-state index is 2.40. The van der Waals surface area contributed by atoms with Gasteiger partial charge in [0.1, 0.15) is 0 Å². The summed E-state index contributed by atoms with van der Waals surface area (Å²) in [5.41, 5.74) is 13.7. The Balaban J connectivity index is 1.50. The molecule has 0 aliphatic heterocycles. The molecule has 0 unspecified atom stereocenters. The minimum atomic E-state index is 0.0350. The second kappa shape index (κ2) is 8.03. The maximum Gasteiger partial charge on any atom is 0.0159 e. The van der Waals surface area contributed by atoms with Crippen molar-refractivity contribution in [2.75, 3.05) is 0 Å². The van der Waals surface area contributed by atoms with Crippen molar-refractivity contribution in [2.45, 2.75) is 58.8 Å². The lowest BCUT2D eigenvalue weighted by molar-refractivity contribution is 0.660. The molecule has 5 rings (SSSR count). The van der Waals surface area contributed by atoms with E-state index in [9.17, 15) is 0 Å². The molecule has 166 valence electrons. The van der Waals surface area contributed by atoms with Crippen LogP contribution in [0.5, 0.6) is 0 Å². The molecule has 0 aromatic heterocycles. The molecule has 0 heterocycles. The average Bonchev–Trinajstić information content (AvgIpc) is 3.05. The summed E-state index contributed by atoms with van der Waals surface area (Å²) in [5.74, 6) is 1.08. The van der Waals surface area contributed by atoms with Gasteiger partial charge in [0.15, 0.2) is 0 Å². The first kappa shape index (κ1) is 21.7. The summed E-state index contributed by atoms with van der Waals surface area (Å²) in [6, 6.07) is 31.9. The summed E-state index contributed by atoms with van der Waals surface area (Å²) in [7, 11) is 0. The number of hydrogen-bond acceptors (Lipinski definition) is 0. The molecular weight excluding hydrogens is 396 g/mol. The molecule has 0 saturated heterocycles. The molecule has 0 spiro atoms. The second-order valence-corrected chi connectivity index (χ2v) is 10.7. The standard InChI is InChI=1S/C33H34/c1-21(2)27-17-15-25(19-30(27)22(3)4)23-11-13-24(14-12-23)26-16-18-29-28-9-7-8-10-31(28)33(5,6)32(29)20-26/h7-22H,1-6H3. The Morgan fingerprint density at radius 3 is 1.64 bits per heavy atom. The van der Waals surface area contributed by atoms with Crippen molar-refractivity contribution in [3.8, 4) is 33.4 Å². The quantitative estimate of drug-likeness (QED) is 0.302. The van der Waals surface area contributed by atoms with Crippen LogP contribution in [0.25, 0.3) is 33.4 Å². The van der Waals surface area contributed by atoms with Crippen molar-refractivity contribution < 1.29 is 0 Å². The molecule has 0 N–H and O–H groups in total. The van der Waals surface area contributed by atoms with Crippen molar-refractivity contribution in [2.24, 2.45) is 0 Å². The second-order valence-electron chi connectivity index (χ2n) is 10.7. The van der Waals surface area contributed by atoms with Crippen LogP contribution < -0.4 is 0 Å². The normalized spacial score (nSPS) is 13.9. The van der Waals surface area contributed by atoms with Crippen LogP contribution in [0.3, 0.4) is 0 Å². The molecule has 4 aromatic carbocycles. The highest BCUT2D eigenvalue weighted by Gasteiger charge is 2.35. The molecule has 0 amide bonds. The highest BCUT2D eigenvalue weighted by Crippen LogP contribution is 2.49. The first-order valence-corrected chi connectivity index (χ1v) is 12.3. The van der Waals surface area contributed by atoms with Crippen LogP contribution in [-0.4, -0.2) is 0 Å². The summed E-state index contributed by atoms with van der Waals surface area (Å²) in [4.78, 5) is 0. The summed E-state index contributed by atoms with van der Waals surface area (Å²) >= 11 is 0. The van der Waals surface area contributed by atoms with E-state index in [1.165, 1.54) is 55.6 Å². The smallest absolute Gasteiger partial charge is 0.0159 e. The predicted octanol–water partition coefficient (Wildman–Crippen LogP) is 9.57. The fraction of sp³-hybridized carbons (Fsp3) is 0.273. The lowest BCUT2D eigenvalue weighted by atomic mass is 9.81. The van der Waals surface area contributed by atoms with E-state index in [4.69, 9.17) is 0 Å². The third-order valence-corrected chi connectivity index (χ3v) is 7.47. The summed E-state index contributed by atoms with van der Waals surface area (Å²) in [6.07, 6.45) is 0. The summed E-state index contributed by atoms with van der Waals surface area (Å²) < 4.78 is 0. The Kier molecular flexibility index (Phi) is 5.28. The molecule has 0 bridgehead atoms. The highest BCUT2D eigenvalue weighted by molar-refractivity contribution is 5.83. The molecule has 0 fully saturated rings. The lowest BCUT2D eigenvalue weighted by Gasteiger charge is -2.22. The maximum atomic E-state index is 2.40. The minimum Gasteiger partial charge on any atom is -0.0619 e. The predicted molar refractivity (Wildman–Crippen MR) is 143 cm³/mol. The van der Waals surface area contributed by atoms with Gasteiger partial charge in [0.25, 0.3) is 0 Å². The van der Waals surface area contributed by atoms with Crippen LogP contribution in [0, 0.1) is 0 Å². The molecule has 0 heteroatoms. The van der Waals surface area contributed by atoms with E-state index in [-0.39, 0.29) is 5.41 Å². The monoisotopic (exact) mass is 430 g/mol. The summed E-state index contributed by atoms with van der Waals surface area (Å²) in [5, 5.41) is 0. The van der Waals surface area contributed by atoms with Gasteiger partial charge in [-0.15, -0.1) is 0 Å². The molecule has 4 aromatic rings. The van der Waals surface area contributed by atoms with Gasteiger partial charge in [-0.3, -0.25) is 0 Å². The van der Waals surface area contributed by atoms with E-state index in [1.807, 2.05) is 0 Å². The van der Waals surface area contributed by atoms with Gasteiger partial charge < -0.3 is 0 Å². The molecule has 33 heavy (non-hydrogen) atoms.